The van der Waals surface area contributed by atoms with Gasteiger partial charge in [0.05, 0.1) is 12.5 Å². The lowest BCUT2D eigenvalue weighted by atomic mass is 10.1. The summed E-state index contributed by atoms with van der Waals surface area (Å²) >= 11 is 0.853. The minimum atomic E-state index is -3.51. The minimum absolute atomic E-state index is 0.0158. The Morgan fingerprint density at radius 1 is 1.10 bits per heavy atom. The van der Waals surface area contributed by atoms with Crippen molar-refractivity contribution in [2.45, 2.75) is 12.5 Å². The summed E-state index contributed by atoms with van der Waals surface area (Å²) in [5, 5.41) is 12.7. The fourth-order valence-electron chi connectivity index (χ4n) is 2.36. The highest BCUT2D eigenvalue weighted by molar-refractivity contribution is 7.92. The van der Waals surface area contributed by atoms with Crippen molar-refractivity contribution >= 4 is 43.4 Å². The van der Waals surface area contributed by atoms with Crippen LogP contribution in [0.3, 0.4) is 0 Å². The lowest BCUT2D eigenvalue weighted by Crippen LogP contribution is -2.45. The van der Waals surface area contributed by atoms with E-state index in [1.807, 2.05) is 30.3 Å². The molecule has 2 amide bonds. The molecular weight excluding hydrogens is 418 g/mol. The van der Waals surface area contributed by atoms with Gasteiger partial charge in [-0.05, 0) is 17.7 Å². The van der Waals surface area contributed by atoms with Crippen LogP contribution in [0.25, 0.3) is 0 Å². The first kappa shape index (κ1) is 20.5. The standard InChI is InChI=1S/C17H17N5O5S2/c1-29(25,26)22-17-21-20-16(28-17)19-14(23)12(10-11-6-3-2-4-7-11)18-15(24)13-8-5-9-27-13/h2-9,12H,10H2,1H3,(H,18,24)(H,21,22)(H,19,20,23). The first-order valence-corrected chi connectivity index (χ1v) is 11.0. The topological polar surface area (TPSA) is 143 Å². The Kier molecular flexibility index (Phi) is 6.24. The lowest BCUT2D eigenvalue weighted by molar-refractivity contribution is -0.118. The summed E-state index contributed by atoms with van der Waals surface area (Å²) in [5.41, 5.74) is 0.837. The zero-order chi connectivity index (χ0) is 20.9. The first-order valence-electron chi connectivity index (χ1n) is 8.30. The summed E-state index contributed by atoms with van der Waals surface area (Å²) < 4.78 is 29.8. The predicted molar refractivity (Wildman–Crippen MR) is 107 cm³/mol. The molecule has 2 heterocycles. The average Bonchev–Trinajstić information content (AvgIpc) is 3.33. The third-order valence-corrected chi connectivity index (χ3v) is 5.02. The molecule has 1 atom stereocenters. The minimum Gasteiger partial charge on any atom is -0.459 e. The summed E-state index contributed by atoms with van der Waals surface area (Å²) in [6, 6.07) is 11.3. The van der Waals surface area contributed by atoms with Gasteiger partial charge in [-0.3, -0.25) is 19.6 Å². The molecule has 0 aliphatic carbocycles. The Morgan fingerprint density at radius 2 is 1.83 bits per heavy atom. The number of rotatable bonds is 8. The van der Waals surface area contributed by atoms with Crippen LogP contribution in [-0.4, -0.2) is 42.7 Å². The lowest BCUT2D eigenvalue weighted by Gasteiger charge is -2.17. The molecule has 0 spiro atoms. The van der Waals surface area contributed by atoms with Crippen molar-refractivity contribution in [1.82, 2.24) is 15.5 Å². The molecule has 0 aliphatic heterocycles. The van der Waals surface area contributed by atoms with Gasteiger partial charge >= 0.3 is 0 Å². The van der Waals surface area contributed by atoms with E-state index in [0.717, 1.165) is 23.2 Å². The Balaban J connectivity index is 1.73. The number of nitrogens with zero attached hydrogens (tertiary/aromatic N) is 2. The van der Waals surface area contributed by atoms with Crippen LogP contribution in [0.15, 0.2) is 53.1 Å². The maximum Gasteiger partial charge on any atom is 0.287 e. The van der Waals surface area contributed by atoms with Crippen LogP contribution < -0.4 is 15.4 Å². The summed E-state index contributed by atoms with van der Waals surface area (Å²) in [6.45, 7) is 0. The molecule has 0 fully saturated rings. The van der Waals surface area contributed by atoms with E-state index in [2.05, 4.69) is 25.6 Å². The van der Waals surface area contributed by atoms with Crippen molar-refractivity contribution in [1.29, 1.82) is 0 Å². The second-order valence-corrected chi connectivity index (χ2v) is 8.69. The Hall–Kier alpha value is -3.25. The van der Waals surface area contributed by atoms with Crippen LogP contribution in [0.2, 0.25) is 0 Å². The zero-order valence-corrected chi connectivity index (χ0v) is 16.8. The van der Waals surface area contributed by atoms with Gasteiger partial charge in [-0.2, -0.15) is 0 Å². The third-order valence-electron chi connectivity index (χ3n) is 3.58. The molecular formula is C17H17N5O5S2. The van der Waals surface area contributed by atoms with E-state index in [0.29, 0.717) is 0 Å². The van der Waals surface area contributed by atoms with Gasteiger partial charge < -0.3 is 9.73 Å². The second-order valence-electron chi connectivity index (χ2n) is 5.97. The van der Waals surface area contributed by atoms with E-state index in [1.54, 1.807) is 6.07 Å². The number of carbonyl (C=O) groups is 2. The number of nitrogens with one attached hydrogen (secondary N) is 3. The first-order chi connectivity index (χ1) is 13.8. The Bertz CT molecular complexity index is 1080. The summed E-state index contributed by atoms with van der Waals surface area (Å²) in [5.74, 6) is -0.995. The molecule has 0 radical (unpaired) electrons. The number of anilines is 2. The largest absolute Gasteiger partial charge is 0.459 e. The molecule has 0 bridgehead atoms. The molecule has 0 saturated heterocycles. The van der Waals surface area contributed by atoms with Gasteiger partial charge in [-0.15, -0.1) is 10.2 Å². The van der Waals surface area contributed by atoms with Crippen molar-refractivity contribution < 1.29 is 22.4 Å². The van der Waals surface area contributed by atoms with Gasteiger partial charge in [-0.25, -0.2) is 8.42 Å². The molecule has 3 rings (SSSR count). The monoisotopic (exact) mass is 435 g/mol. The number of aromatic nitrogens is 2. The van der Waals surface area contributed by atoms with Crippen LogP contribution in [-0.2, 0) is 21.2 Å². The van der Waals surface area contributed by atoms with Crippen LogP contribution in [0.4, 0.5) is 10.3 Å². The molecule has 1 aromatic carbocycles. The van der Waals surface area contributed by atoms with E-state index < -0.39 is 27.9 Å². The molecule has 12 heteroatoms. The highest BCUT2D eigenvalue weighted by Gasteiger charge is 2.24. The van der Waals surface area contributed by atoms with Gasteiger partial charge in [0.2, 0.25) is 26.2 Å². The molecule has 2 aromatic heterocycles. The molecule has 0 aliphatic rings. The fourth-order valence-corrected chi connectivity index (χ4v) is 3.84. The van der Waals surface area contributed by atoms with Crippen molar-refractivity contribution in [2.75, 3.05) is 16.3 Å². The number of hydrogen-bond donors (Lipinski definition) is 3. The van der Waals surface area contributed by atoms with Crippen LogP contribution in [0, 0.1) is 0 Å². The maximum atomic E-state index is 12.8. The highest BCUT2D eigenvalue weighted by atomic mass is 32.2. The molecule has 10 nitrogen and oxygen atoms in total. The quantitative estimate of drug-likeness (QED) is 0.486. The molecule has 3 aromatic rings. The Morgan fingerprint density at radius 3 is 2.48 bits per heavy atom. The van der Waals surface area contributed by atoms with E-state index in [4.69, 9.17) is 4.42 Å². The number of carbonyl (C=O) groups excluding carboxylic acids is 2. The van der Waals surface area contributed by atoms with Gasteiger partial charge in [0.15, 0.2) is 5.76 Å². The van der Waals surface area contributed by atoms with Gasteiger partial charge in [0.1, 0.15) is 6.04 Å². The van der Waals surface area contributed by atoms with Gasteiger partial charge in [-0.1, -0.05) is 41.7 Å². The molecule has 29 heavy (non-hydrogen) atoms. The number of sulfonamides is 1. The molecule has 0 saturated carbocycles. The van der Waals surface area contributed by atoms with E-state index in [-0.39, 0.29) is 22.4 Å². The summed E-state index contributed by atoms with van der Waals surface area (Å²) in [6.07, 6.45) is 2.57. The van der Waals surface area contributed by atoms with Crippen LogP contribution in [0.5, 0.6) is 0 Å². The number of furan rings is 1. The van der Waals surface area contributed by atoms with Crippen molar-refractivity contribution in [2.24, 2.45) is 0 Å². The third kappa shape index (κ3) is 6.12. The van der Waals surface area contributed by atoms with Crippen LogP contribution >= 0.6 is 11.3 Å². The van der Waals surface area contributed by atoms with Crippen molar-refractivity contribution in [3.63, 3.8) is 0 Å². The van der Waals surface area contributed by atoms with Crippen molar-refractivity contribution in [3.8, 4) is 0 Å². The number of benzene rings is 1. The average molecular weight is 435 g/mol. The smallest absolute Gasteiger partial charge is 0.287 e. The zero-order valence-electron chi connectivity index (χ0n) is 15.2. The highest BCUT2D eigenvalue weighted by Crippen LogP contribution is 2.21. The van der Waals surface area contributed by atoms with Crippen molar-refractivity contribution in [3.05, 3.63) is 60.1 Å². The van der Waals surface area contributed by atoms with E-state index in [9.17, 15) is 18.0 Å². The number of amides is 2. The molecule has 1 unspecified atom stereocenters. The SMILES string of the molecule is CS(=O)(=O)Nc1nnc(NC(=O)C(Cc2ccccc2)NC(=O)c2ccco2)s1. The van der Waals surface area contributed by atoms with Gasteiger partial charge in [0, 0.05) is 6.42 Å². The van der Waals surface area contributed by atoms with E-state index >= 15 is 0 Å². The summed E-state index contributed by atoms with van der Waals surface area (Å²) in [4.78, 5) is 25.1. The molecule has 3 N–H and O–H groups in total. The molecule has 152 valence electrons. The summed E-state index contributed by atoms with van der Waals surface area (Å²) in [7, 11) is -3.51. The number of hydrogen-bond acceptors (Lipinski definition) is 8. The van der Waals surface area contributed by atoms with E-state index in [1.165, 1.54) is 12.3 Å². The normalized spacial score (nSPS) is 12.2. The Labute approximate surface area is 170 Å². The van der Waals surface area contributed by atoms with Crippen LogP contribution in [0.1, 0.15) is 16.1 Å². The maximum absolute atomic E-state index is 12.8. The predicted octanol–water partition coefficient (Wildman–Crippen LogP) is 1.48. The second kappa shape index (κ2) is 8.84. The fraction of sp³-hybridized carbons (Fsp3) is 0.176. The van der Waals surface area contributed by atoms with Gasteiger partial charge in [0.25, 0.3) is 5.91 Å².